The van der Waals surface area contributed by atoms with E-state index in [4.69, 9.17) is 37.9 Å². The minimum atomic E-state index is 0.777. The van der Waals surface area contributed by atoms with Gasteiger partial charge in [-0.15, -0.1) is 0 Å². The van der Waals surface area contributed by atoms with Crippen LogP contribution in [0.1, 0.15) is 0 Å². The molecule has 3 heterocycles. The predicted octanol–water partition coefficient (Wildman–Crippen LogP) is 26.8. The van der Waals surface area contributed by atoms with Crippen molar-refractivity contribution in [3.63, 3.8) is 0 Å². The van der Waals surface area contributed by atoms with Crippen molar-refractivity contribution in [1.29, 1.82) is 0 Å². The molecule has 0 atom stereocenters. The molecule has 0 spiro atoms. The van der Waals surface area contributed by atoms with Crippen molar-refractivity contribution in [3.8, 4) is 79.6 Å². The Balaban J connectivity index is 0.671. The molecule has 16 aromatic carbocycles. The predicted molar refractivity (Wildman–Crippen MR) is 487 cm³/mol. The van der Waals surface area contributed by atoms with Crippen molar-refractivity contribution < 1.29 is 37.9 Å². The van der Waals surface area contributed by atoms with Gasteiger partial charge >= 0.3 is 0 Å². The molecular weight excluding hydrogens is 1480 g/mol. The summed E-state index contributed by atoms with van der Waals surface area (Å²) in [6.07, 6.45) is 0. The molecule has 0 unspecified atom stereocenters. The average molecular weight is 1560 g/mol. The van der Waals surface area contributed by atoms with Crippen molar-refractivity contribution in [2.24, 2.45) is 0 Å². The number of nitrogens with zero attached hydrogens (tertiary/aromatic N) is 6. The largest absolute Gasteiger partial charge is 0.497 e. The quantitative estimate of drug-likeness (QED) is 0.0622. The van der Waals surface area contributed by atoms with Gasteiger partial charge in [0.25, 0.3) is 0 Å². The van der Waals surface area contributed by atoms with E-state index in [9.17, 15) is 0 Å². The lowest BCUT2D eigenvalue weighted by atomic mass is 10.0. The van der Waals surface area contributed by atoms with Crippen molar-refractivity contribution in [2.45, 2.75) is 0 Å². The molecule has 0 bridgehead atoms. The summed E-state index contributed by atoms with van der Waals surface area (Å²) in [7, 11) is 13.5. The number of anilines is 12. The third-order valence-electron chi connectivity index (χ3n) is 22.7. The Morgan fingerprint density at radius 2 is 0.361 bits per heavy atom. The number of methoxy groups -OCH3 is 8. The highest BCUT2D eigenvalue weighted by molar-refractivity contribution is 6.14. The van der Waals surface area contributed by atoms with Crippen LogP contribution in [0, 0.1) is 0 Å². The standard InChI is InChI=1S/C104H83N7O8/c1-112-85-39-19-71(20-40-85)106(72-21-41-86(113-2)42-22-72)81-35-57-101-95(63-81)96-64-82(107(73-23-43-87(114-3)44-24-73)74-25-45-88(115-4)46-26-74)36-58-102(96)110(101)79-15-9-67(10-16-79)69-13-55-93-94-56-14-70(62-100(94)105-99(93)61-69)68-11-17-80(18-12-68)111-103-59-37-83(108(75-27-47-89(116-5)48-28-75)76-29-49-90(117-6)50-30-76)65-97(103)98-66-84(38-60-104(98)111)109(77-31-51-91(118-7)52-32-77)78-33-53-92(119-8)54-34-78/h9-66,105H,1-8H3. The minimum absolute atomic E-state index is 0.777. The van der Waals surface area contributed by atoms with Crippen LogP contribution >= 0.6 is 0 Å². The smallest absolute Gasteiger partial charge is 0.119 e. The summed E-state index contributed by atoms with van der Waals surface area (Å²) < 4.78 is 49.9. The van der Waals surface area contributed by atoms with Crippen molar-refractivity contribution in [1.82, 2.24) is 14.1 Å². The zero-order valence-electron chi connectivity index (χ0n) is 66.9. The van der Waals surface area contributed by atoms with Crippen LogP contribution in [0.15, 0.2) is 352 Å². The van der Waals surface area contributed by atoms with Gasteiger partial charge < -0.3 is 71.6 Å². The summed E-state index contributed by atoms with van der Waals surface area (Å²) in [5.74, 6) is 6.22. The number of hydrogen-bond acceptors (Lipinski definition) is 12. The molecule has 15 nitrogen and oxygen atoms in total. The third kappa shape index (κ3) is 13.7. The first kappa shape index (κ1) is 73.7. The monoisotopic (exact) mass is 1560 g/mol. The second-order valence-corrected chi connectivity index (χ2v) is 29.1. The van der Waals surface area contributed by atoms with Crippen LogP contribution in [0.2, 0.25) is 0 Å². The van der Waals surface area contributed by atoms with Gasteiger partial charge in [-0.3, -0.25) is 0 Å². The van der Waals surface area contributed by atoms with Gasteiger partial charge in [-0.25, -0.2) is 0 Å². The molecule has 0 saturated heterocycles. The summed E-state index contributed by atoms with van der Waals surface area (Å²) in [5.41, 5.74) is 24.6. The molecule has 0 aliphatic carbocycles. The van der Waals surface area contributed by atoms with Gasteiger partial charge in [0.2, 0.25) is 0 Å². The maximum absolute atomic E-state index is 5.65. The average Bonchev–Trinajstić information content (AvgIpc) is 1.58. The molecule has 0 fully saturated rings. The maximum atomic E-state index is 5.65. The number of H-pyrrole nitrogens is 1. The number of rotatable bonds is 24. The molecule has 19 rings (SSSR count). The zero-order valence-corrected chi connectivity index (χ0v) is 66.9. The normalized spacial score (nSPS) is 11.4. The van der Waals surface area contributed by atoms with Gasteiger partial charge in [0.05, 0.1) is 78.9 Å². The highest BCUT2D eigenvalue weighted by atomic mass is 16.5. The van der Waals surface area contributed by atoms with Gasteiger partial charge in [0, 0.05) is 123 Å². The van der Waals surface area contributed by atoms with E-state index in [0.29, 0.717) is 0 Å². The van der Waals surface area contributed by atoms with Gasteiger partial charge in [0.15, 0.2) is 0 Å². The number of hydrogen-bond donors (Lipinski definition) is 1. The summed E-state index contributed by atoms with van der Waals surface area (Å²) in [5, 5.41) is 6.63. The molecule has 0 saturated carbocycles. The van der Waals surface area contributed by atoms with Gasteiger partial charge in [-0.2, -0.15) is 0 Å². The Kier molecular flexibility index (Phi) is 19.4. The van der Waals surface area contributed by atoms with Gasteiger partial charge in [-0.05, 0) is 326 Å². The summed E-state index contributed by atoms with van der Waals surface area (Å²) in [6, 6.07) is 124. The summed E-state index contributed by atoms with van der Waals surface area (Å²) >= 11 is 0. The Labute approximate surface area is 689 Å². The van der Waals surface area contributed by atoms with Gasteiger partial charge in [-0.1, -0.05) is 48.5 Å². The number of nitrogens with one attached hydrogen (secondary N) is 1. The van der Waals surface area contributed by atoms with Crippen LogP contribution in [-0.4, -0.2) is 71.0 Å². The molecule has 1 N–H and O–H groups in total. The van der Waals surface area contributed by atoms with Crippen LogP contribution < -0.4 is 57.5 Å². The highest BCUT2D eigenvalue weighted by Gasteiger charge is 2.25. The van der Waals surface area contributed by atoms with Crippen molar-refractivity contribution >= 4 is 134 Å². The van der Waals surface area contributed by atoms with Crippen LogP contribution in [0.25, 0.3) is 99.0 Å². The minimum Gasteiger partial charge on any atom is -0.497 e. The number of benzene rings is 16. The first-order valence-electron chi connectivity index (χ1n) is 39.3. The van der Waals surface area contributed by atoms with E-state index < -0.39 is 0 Å². The maximum Gasteiger partial charge on any atom is 0.119 e. The number of aromatic nitrogens is 3. The van der Waals surface area contributed by atoms with Crippen molar-refractivity contribution in [3.05, 3.63) is 352 Å². The first-order valence-corrected chi connectivity index (χ1v) is 39.3. The Hall–Kier alpha value is -15.5. The molecule has 19 aromatic rings. The number of aromatic amines is 1. The lowest BCUT2D eigenvalue weighted by molar-refractivity contribution is 0.414. The second kappa shape index (κ2) is 31.4. The van der Waals surface area contributed by atoms with Crippen molar-refractivity contribution in [2.75, 3.05) is 76.5 Å². The second-order valence-electron chi connectivity index (χ2n) is 29.1. The Bertz CT molecular complexity index is 5990. The molecule has 0 aliphatic rings. The number of ether oxygens (including phenoxy) is 8. The molecule has 0 radical (unpaired) electrons. The fourth-order valence-electron chi connectivity index (χ4n) is 16.6. The molecule has 582 valence electrons. The van der Waals surface area contributed by atoms with Crippen LogP contribution in [0.5, 0.6) is 46.0 Å². The van der Waals surface area contributed by atoms with Crippen LogP contribution in [0.4, 0.5) is 68.2 Å². The van der Waals surface area contributed by atoms with E-state index in [1.165, 1.54) is 0 Å². The molecule has 119 heavy (non-hydrogen) atoms. The Morgan fingerprint density at radius 1 is 0.176 bits per heavy atom. The molecule has 15 heteroatoms. The molecule has 0 aliphatic heterocycles. The topological polar surface area (TPSA) is 112 Å². The SMILES string of the molecule is COc1ccc(N(c2ccc(OC)cc2)c2ccc3c(c2)c2cc(N(c4ccc(OC)cc4)c4ccc(OC)cc4)ccc2n3-c2ccc(-c3ccc4c(c3)[nH]c3cc(-c5ccc(-n6c7ccc(N(c8ccc(OC)cc8)c8ccc(OC)cc8)cc7c7cc(N(c8ccc(OC)cc8)c8ccc(OC)cc8)ccc76)cc5)ccc34)cc2)cc1. The van der Waals surface area contributed by atoms with E-state index >= 15 is 0 Å². The third-order valence-corrected chi connectivity index (χ3v) is 22.7. The zero-order chi connectivity index (χ0) is 80.8. The van der Waals surface area contributed by atoms with E-state index in [0.717, 1.165) is 213 Å². The van der Waals surface area contributed by atoms with E-state index in [1.54, 1.807) is 56.9 Å². The van der Waals surface area contributed by atoms with Gasteiger partial charge in [0.1, 0.15) is 46.0 Å². The van der Waals surface area contributed by atoms with E-state index in [1.807, 2.05) is 97.1 Å². The molecular formula is C104H83N7O8. The Morgan fingerprint density at radius 3 is 0.555 bits per heavy atom. The fraction of sp³-hybridized carbons (Fsp3) is 0.0769. The van der Waals surface area contributed by atoms with E-state index in [2.05, 4.69) is 289 Å². The lowest BCUT2D eigenvalue weighted by Crippen LogP contribution is -2.10. The highest BCUT2D eigenvalue weighted by Crippen LogP contribution is 2.48. The first-order chi connectivity index (χ1) is 58.5. The number of fused-ring (bicyclic) bond motifs is 9. The van der Waals surface area contributed by atoms with E-state index in [-0.39, 0.29) is 0 Å². The summed E-state index contributed by atoms with van der Waals surface area (Å²) in [4.78, 5) is 12.9. The van der Waals surface area contributed by atoms with Crippen LogP contribution in [0.3, 0.4) is 0 Å². The van der Waals surface area contributed by atoms with Crippen LogP contribution in [-0.2, 0) is 0 Å². The fourth-order valence-corrected chi connectivity index (χ4v) is 16.6. The molecule has 3 aromatic heterocycles. The summed E-state index contributed by atoms with van der Waals surface area (Å²) in [6.45, 7) is 0. The lowest BCUT2D eigenvalue weighted by Gasteiger charge is -2.26. The molecule has 0 amide bonds.